The predicted molar refractivity (Wildman–Crippen MR) is 77.9 cm³/mol. The van der Waals surface area contributed by atoms with Crippen molar-refractivity contribution in [3.8, 4) is 0 Å². The lowest BCUT2D eigenvalue weighted by atomic mass is 9.77. The van der Waals surface area contributed by atoms with Gasteiger partial charge in [-0.25, -0.2) is 0 Å². The Hall–Kier alpha value is -0.120. The smallest absolute Gasteiger partial charge is 0.0218 e. The number of piperazine rings is 1. The lowest BCUT2D eigenvalue weighted by Gasteiger charge is -2.50. The molecule has 0 aromatic rings. The molecule has 18 heavy (non-hydrogen) atoms. The summed E-state index contributed by atoms with van der Waals surface area (Å²) in [5, 5.41) is 3.61. The monoisotopic (exact) mass is 253 g/mol. The van der Waals surface area contributed by atoms with Crippen LogP contribution in [-0.2, 0) is 0 Å². The van der Waals surface area contributed by atoms with Gasteiger partial charge in [0.2, 0.25) is 0 Å². The maximum Gasteiger partial charge on any atom is 0.0218 e. The Morgan fingerprint density at radius 2 is 2.00 bits per heavy atom. The van der Waals surface area contributed by atoms with Crippen molar-refractivity contribution in [1.29, 1.82) is 0 Å². The molecule has 0 amide bonds. The van der Waals surface area contributed by atoms with Gasteiger partial charge in [0.1, 0.15) is 0 Å². The van der Waals surface area contributed by atoms with Crippen LogP contribution >= 0.6 is 0 Å². The van der Waals surface area contributed by atoms with Gasteiger partial charge in [0.15, 0.2) is 0 Å². The van der Waals surface area contributed by atoms with Crippen molar-refractivity contribution >= 4 is 0 Å². The fourth-order valence-electron chi connectivity index (χ4n) is 3.37. The summed E-state index contributed by atoms with van der Waals surface area (Å²) in [6, 6.07) is 2.26. The van der Waals surface area contributed by atoms with E-state index in [1.54, 1.807) is 0 Å². The summed E-state index contributed by atoms with van der Waals surface area (Å²) in [5.41, 5.74) is 0. The number of nitrogens with one attached hydrogen (secondary N) is 1. The van der Waals surface area contributed by atoms with Crippen molar-refractivity contribution in [2.75, 3.05) is 33.2 Å². The van der Waals surface area contributed by atoms with Gasteiger partial charge in [-0.15, -0.1) is 0 Å². The zero-order chi connectivity index (χ0) is 13.1. The second-order valence-electron chi connectivity index (χ2n) is 6.51. The van der Waals surface area contributed by atoms with Crippen LogP contribution in [0.15, 0.2) is 0 Å². The zero-order valence-corrected chi connectivity index (χ0v) is 12.7. The maximum absolute atomic E-state index is 3.61. The van der Waals surface area contributed by atoms with E-state index in [1.807, 2.05) is 0 Å². The molecule has 0 radical (unpaired) electrons. The Morgan fingerprint density at radius 3 is 2.56 bits per heavy atom. The van der Waals surface area contributed by atoms with Crippen LogP contribution in [0.25, 0.3) is 0 Å². The third-order valence-electron chi connectivity index (χ3n) is 4.91. The van der Waals surface area contributed by atoms with Crippen LogP contribution in [0.2, 0.25) is 0 Å². The number of hydrogen-bond acceptors (Lipinski definition) is 3. The molecular weight excluding hydrogens is 222 g/mol. The van der Waals surface area contributed by atoms with Crippen molar-refractivity contribution in [2.45, 2.75) is 58.2 Å². The first-order valence-electron chi connectivity index (χ1n) is 7.79. The molecule has 3 atom stereocenters. The molecular formula is C15H31N3. The fraction of sp³-hybridized carbons (Fsp3) is 1.00. The maximum atomic E-state index is 3.61. The van der Waals surface area contributed by atoms with E-state index in [9.17, 15) is 0 Å². The van der Waals surface area contributed by atoms with Crippen LogP contribution in [0.4, 0.5) is 0 Å². The molecule has 106 valence electrons. The van der Waals surface area contributed by atoms with Crippen molar-refractivity contribution < 1.29 is 0 Å². The van der Waals surface area contributed by atoms with Gasteiger partial charge < -0.3 is 10.2 Å². The number of likely N-dealkylation sites (N-methyl/N-ethyl adjacent to an activating group) is 1. The standard InChI is InChI=1S/C15H31N3/c1-5-14-11-18(9-8-17(14)4)15-7-6-13(15)10-16-12(2)3/h12-16H,5-11H2,1-4H3. The van der Waals surface area contributed by atoms with Crippen LogP contribution in [0.3, 0.4) is 0 Å². The lowest BCUT2D eigenvalue weighted by molar-refractivity contribution is 0.00103. The molecule has 0 aromatic carbocycles. The predicted octanol–water partition coefficient (Wildman–Crippen LogP) is 1.79. The minimum Gasteiger partial charge on any atom is -0.314 e. The van der Waals surface area contributed by atoms with E-state index >= 15 is 0 Å². The summed E-state index contributed by atoms with van der Waals surface area (Å²) >= 11 is 0. The molecule has 1 aliphatic heterocycles. The summed E-state index contributed by atoms with van der Waals surface area (Å²) in [4.78, 5) is 5.31. The summed E-state index contributed by atoms with van der Waals surface area (Å²) < 4.78 is 0. The first-order chi connectivity index (χ1) is 8.61. The molecule has 3 heteroatoms. The molecule has 1 heterocycles. The molecule has 3 nitrogen and oxygen atoms in total. The van der Waals surface area contributed by atoms with Crippen molar-refractivity contribution in [3.05, 3.63) is 0 Å². The zero-order valence-electron chi connectivity index (χ0n) is 12.7. The van der Waals surface area contributed by atoms with Crippen molar-refractivity contribution in [2.24, 2.45) is 5.92 Å². The van der Waals surface area contributed by atoms with Crippen LogP contribution in [0.5, 0.6) is 0 Å². The van der Waals surface area contributed by atoms with E-state index in [0.717, 1.165) is 18.0 Å². The van der Waals surface area contributed by atoms with E-state index in [1.165, 1.54) is 45.4 Å². The highest BCUT2D eigenvalue weighted by Gasteiger charge is 2.37. The molecule has 0 bridgehead atoms. The van der Waals surface area contributed by atoms with Crippen LogP contribution in [-0.4, -0.2) is 61.2 Å². The molecule has 3 unspecified atom stereocenters. The molecule has 1 saturated heterocycles. The first-order valence-corrected chi connectivity index (χ1v) is 7.79. The Kier molecular flexibility index (Phi) is 5.05. The third-order valence-corrected chi connectivity index (χ3v) is 4.91. The highest BCUT2D eigenvalue weighted by atomic mass is 15.3. The third kappa shape index (κ3) is 3.25. The summed E-state index contributed by atoms with van der Waals surface area (Å²) in [6.45, 7) is 11.8. The second kappa shape index (κ2) is 6.36. The molecule has 2 aliphatic rings. The van der Waals surface area contributed by atoms with Gasteiger partial charge in [0.05, 0.1) is 0 Å². The normalized spacial score (nSPS) is 34.8. The van der Waals surface area contributed by atoms with Gasteiger partial charge >= 0.3 is 0 Å². The van der Waals surface area contributed by atoms with E-state index in [0.29, 0.717) is 6.04 Å². The van der Waals surface area contributed by atoms with E-state index in [2.05, 4.69) is 42.9 Å². The number of nitrogens with zero attached hydrogens (tertiary/aromatic N) is 2. The first kappa shape index (κ1) is 14.3. The van der Waals surface area contributed by atoms with Gasteiger partial charge in [-0.2, -0.15) is 0 Å². The molecule has 1 saturated carbocycles. The Bertz CT molecular complexity index is 254. The van der Waals surface area contributed by atoms with Crippen LogP contribution in [0, 0.1) is 5.92 Å². The Morgan fingerprint density at radius 1 is 1.22 bits per heavy atom. The van der Waals surface area contributed by atoms with E-state index < -0.39 is 0 Å². The number of hydrogen-bond donors (Lipinski definition) is 1. The fourth-order valence-corrected chi connectivity index (χ4v) is 3.37. The van der Waals surface area contributed by atoms with E-state index in [4.69, 9.17) is 0 Å². The van der Waals surface area contributed by atoms with Gasteiger partial charge in [0.25, 0.3) is 0 Å². The minimum atomic E-state index is 0.627. The summed E-state index contributed by atoms with van der Waals surface area (Å²) in [7, 11) is 2.28. The van der Waals surface area contributed by atoms with Gasteiger partial charge in [-0.05, 0) is 38.8 Å². The number of rotatable bonds is 5. The topological polar surface area (TPSA) is 18.5 Å². The molecule has 1 N–H and O–H groups in total. The highest BCUT2D eigenvalue weighted by molar-refractivity contribution is 4.93. The lowest BCUT2D eigenvalue weighted by Crippen LogP contribution is -2.59. The minimum absolute atomic E-state index is 0.627. The molecule has 2 fully saturated rings. The van der Waals surface area contributed by atoms with Crippen molar-refractivity contribution in [3.63, 3.8) is 0 Å². The molecule has 0 aromatic heterocycles. The summed E-state index contributed by atoms with van der Waals surface area (Å²) in [5.74, 6) is 0.897. The molecule has 2 rings (SSSR count). The van der Waals surface area contributed by atoms with Crippen LogP contribution < -0.4 is 5.32 Å². The quantitative estimate of drug-likeness (QED) is 0.806. The van der Waals surface area contributed by atoms with Gasteiger partial charge in [0, 0.05) is 37.8 Å². The average molecular weight is 253 g/mol. The SMILES string of the molecule is CCC1CN(C2CCC2CNC(C)C)CCN1C. The molecule has 1 aliphatic carbocycles. The highest BCUT2D eigenvalue weighted by Crippen LogP contribution is 2.33. The Balaban J connectivity index is 1.80. The second-order valence-corrected chi connectivity index (χ2v) is 6.51. The van der Waals surface area contributed by atoms with Crippen molar-refractivity contribution in [1.82, 2.24) is 15.1 Å². The van der Waals surface area contributed by atoms with Crippen LogP contribution in [0.1, 0.15) is 40.0 Å². The summed E-state index contributed by atoms with van der Waals surface area (Å²) in [6.07, 6.45) is 4.13. The van der Waals surface area contributed by atoms with E-state index in [-0.39, 0.29) is 0 Å². The Labute approximate surface area is 113 Å². The molecule has 0 spiro atoms. The average Bonchev–Trinajstić information content (AvgIpc) is 2.30. The van der Waals surface area contributed by atoms with Gasteiger partial charge in [-0.1, -0.05) is 20.8 Å². The largest absolute Gasteiger partial charge is 0.314 e. The van der Waals surface area contributed by atoms with Gasteiger partial charge in [-0.3, -0.25) is 4.90 Å².